The normalized spacial score (nSPS) is 20.2. The fraction of sp³-hybridized carbons (Fsp3) is 0.545. The molecule has 1 aliphatic rings. The van der Waals surface area contributed by atoms with Gasteiger partial charge in [0.25, 0.3) is 0 Å². The number of hydrogen-bond acceptors (Lipinski definition) is 4. The lowest BCUT2D eigenvalue weighted by Crippen LogP contribution is -2.10. The maximum Gasteiger partial charge on any atom is 0.183 e. The van der Waals surface area contributed by atoms with Crippen LogP contribution in [0.25, 0.3) is 0 Å². The smallest absolute Gasteiger partial charge is 0.183 e. The highest BCUT2D eigenvalue weighted by atomic mass is 79.9. The SMILES string of the molecule is O=C(CSCC1CCCO1)c1sccc1Br. The molecule has 0 aliphatic carbocycles. The molecule has 2 rings (SSSR count). The Hall–Kier alpha value is 0.160. The molecular weight excluding hydrogens is 308 g/mol. The highest BCUT2D eigenvalue weighted by Crippen LogP contribution is 2.25. The number of hydrogen-bond donors (Lipinski definition) is 0. The van der Waals surface area contributed by atoms with Gasteiger partial charge in [0.15, 0.2) is 5.78 Å². The van der Waals surface area contributed by atoms with Crippen molar-refractivity contribution in [2.45, 2.75) is 18.9 Å². The molecule has 0 N–H and O–H groups in total. The van der Waals surface area contributed by atoms with Crippen LogP contribution in [-0.4, -0.2) is 30.0 Å². The first-order valence-corrected chi connectivity index (χ1v) is 8.05. The Morgan fingerprint density at radius 1 is 1.69 bits per heavy atom. The summed E-state index contributed by atoms with van der Waals surface area (Å²) < 4.78 is 6.43. The minimum Gasteiger partial charge on any atom is -0.377 e. The Morgan fingerprint density at radius 3 is 3.19 bits per heavy atom. The first-order valence-electron chi connectivity index (χ1n) is 5.23. The molecule has 88 valence electrons. The summed E-state index contributed by atoms with van der Waals surface area (Å²) in [5, 5.41) is 1.93. The summed E-state index contributed by atoms with van der Waals surface area (Å²) in [6.07, 6.45) is 2.67. The van der Waals surface area contributed by atoms with E-state index in [1.165, 1.54) is 11.3 Å². The number of carbonyl (C=O) groups is 1. The van der Waals surface area contributed by atoms with Crippen molar-refractivity contribution in [3.8, 4) is 0 Å². The zero-order chi connectivity index (χ0) is 11.4. The molecule has 0 spiro atoms. The summed E-state index contributed by atoms with van der Waals surface area (Å²) in [6.45, 7) is 0.885. The standard InChI is InChI=1S/C11H13BrO2S2/c12-9-3-5-16-11(9)10(13)7-15-6-8-2-1-4-14-8/h3,5,8H,1-2,4,6-7H2. The molecule has 1 aliphatic heterocycles. The summed E-state index contributed by atoms with van der Waals surface area (Å²) in [7, 11) is 0. The van der Waals surface area contributed by atoms with Gasteiger partial charge in [-0.25, -0.2) is 0 Å². The van der Waals surface area contributed by atoms with Gasteiger partial charge in [-0.15, -0.1) is 11.3 Å². The topological polar surface area (TPSA) is 26.3 Å². The average Bonchev–Trinajstić information content (AvgIpc) is 2.88. The van der Waals surface area contributed by atoms with Gasteiger partial charge in [-0.05, 0) is 40.2 Å². The fourth-order valence-electron chi connectivity index (χ4n) is 1.62. The lowest BCUT2D eigenvalue weighted by atomic mass is 10.3. The van der Waals surface area contributed by atoms with Crippen LogP contribution in [0.3, 0.4) is 0 Å². The first-order chi connectivity index (χ1) is 7.77. The molecule has 0 saturated carbocycles. The third-order valence-corrected chi connectivity index (χ3v) is 5.38. The molecular formula is C11H13BrO2S2. The van der Waals surface area contributed by atoms with Crippen molar-refractivity contribution in [2.75, 3.05) is 18.1 Å². The number of thioether (sulfide) groups is 1. The van der Waals surface area contributed by atoms with E-state index in [0.717, 1.165) is 34.6 Å². The van der Waals surface area contributed by atoms with Gasteiger partial charge in [-0.2, -0.15) is 11.8 Å². The Kier molecular flexibility index (Phi) is 4.88. The molecule has 1 saturated heterocycles. The van der Waals surface area contributed by atoms with E-state index >= 15 is 0 Å². The predicted molar refractivity (Wildman–Crippen MR) is 72.6 cm³/mol. The molecule has 2 heterocycles. The van der Waals surface area contributed by atoms with Gasteiger partial charge < -0.3 is 4.74 Å². The summed E-state index contributed by atoms with van der Waals surface area (Å²) in [5.41, 5.74) is 0. The number of Topliss-reactive ketones (excluding diaryl/α,β-unsaturated/α-hetero) is 1. The van der Waals surface area contributed by atoms with Crippen LogP contribution < -0.4 is 0 Å². The van der Waals surface area contributed by atoms with Gasteiger partial charge >= 0.3 is 0 Å². The zero-order valence-corrected chi connectivity index (χ0v) is 12.0. The third kappa shape index (κ3) is 3.32. The van der Waals surface area contributed by atoms with Crippen LogP contribution >= 0.6 is 39.0 Å². The second-order valence-corrected chi connectivity index (χ2v) is 6.47. The van der Waals surface area contributed by atoms with E-state index in [-0.39, 0.29) is 5.78 Å². The largest absolute Gasteiger partial charge is 0.377 e. The van der Waals surface area contributed by atoms with Crippen LogP contribution in [0.1, 0.15) is 22.5 Å². The Labute approximate surface area is 112 Å². The van der Waals surface area contributed by atoms with E-state index in [1.54, 1.807) is 11.8 Å². The lowest BCUT2D eigenvalue weighted by Gasteiger charge is -2.07. The summed E-state index contributed by atoms with van der Waals surface area (Å²) >= 11 is 6.56. The van der Waals surface area contributed by atoms with Crippen LogP contribution in [-0.2, 0) is 4.74 Å². The highest BCUT2D eigenvalue weighted by molar-refractivity contribution is 9.10. The summed E-state index contributed by atoms with van der Waals surface area (Å²) in [5.74, 6) is 1.71. The Balaban J connectivity index is 1.73. The molecule has 0 radical (unpaired) electrons. The van der Waals surface area contributed by atoms with E-state index < -0.39 is 0 Å². The van der Waals surface area contributed by atoms with Gasteiger partial charge in [0.05, 0.1) is 16.7 Å². The Morgan fingerprint density at radius 2 is 2.56 bits per heavy atom. The molecule has 1 atom stereocenters. The molecule has 0 bridgehead atoms. The van der Waals surface area contributed by atoms with Gasteiger partial charge in [-0.1, -0.05) is 0 Å². The molecule has 1 aromatic rings. The zero-order valence-electron chi connectivity index (χ0n) is 8.78. The second kappa shape index (κ2) is 6.19. The Bertz CT molecular complexity index is 359. The van der Waals surface area contributed by atoms with Crippen LogP contribution in [0.2, 0.25) is 0 Å². The van der Waals surface area contributed by atoms with E-state index in [4.69, 9.17) is 4.74 Å². The van der Waals surface area contributed by atoms with Gasteiger partial charge in [0.2, 0.25) is 0 Å². The monoisotopic (exact) mass is 320 g/mol. The molecule has 16 heavy (non-hydrogen) atoms. The van der Waals surface area contributed by atoms with Crippen molar-refractivity contribution >= 4 is 44.8 Å². The summed E-state index contributed by atoms with van der Waals surface area (Å²) in [6, 6.07) is 1.92. The number of ketones is 1. The molecule has 2 nitrogen and oxygen atoms in total. The van der Waals surface area contributed by atoms with Gasteiger partial charge in [0.1, 0.15) is 0 Å². The number of thiophene rings is 1. The van der Waals surface area contributed by atoms with Crippen LogP contribution in [0, 0.1) is 0 Å². The van der Waals surface area contributed by atoms with Gasteiger partial charge in [0, 0.05) is 16.8 Å². The van der Waals surface area contributed by atoms with Crippen LogP contribution in [0.5, 0.6) is 0 Å². The number of halogens is 1. The lowest BCUT2D eigenvalue weighted by molar-refractivity contribution is 0.102. The van der Waals surface area contributed by atoms with E-state index in [2.05, 4.69) is 15.9 Å². The van der Waals surface area contributed by atoms with E-state index in [1.807, 2.05) is 11.4 Å². The molecule has 5 heteroatoms. The van der Waals surface area contributed by atoms with Crippen LogP contribution in [0.15, 0.2) is 15.9 Å². The highest BCUT2D eigenvalue weighted by Gasteiger charge is 2.17. The summed E-state index contributed by atoms with van der Waals surface area (Å²) in [4.78, 5) is 12.7. The molecule has 1 aromatic heterocycles. The van der Waals surface area contributed by atoms with Crippen molar-refractivity contribution < 1.29 is 9.53 Å². The van der Waals surface area contributed by atoms with Crippen molar-refractivity contribution in [3.63, 3.8) is 0 Å². The number of carbonyl (C=O) groups excluding carboxylic acids is 1. The van der Waals surface area contributed by atoms with Crippen molar-refractivity contribution in [1.29, 1.82) is 0 Å². The van der Waals surface area contributed by atoms with E-state index in [0.29, 0.717) is 11.9 Å². The fourth-order valence-corrected chi connectivity index (χ4v) is 4.21. The van der Waals surface area contributed by atoms with E-state index in [9.17, 15) is 4.79 Å². The first kappa shape index (κ1) is 12.6. The van der Waals surface area contributed by atoms with Crippen molar-refractivity contribution in [3.05, 3.63) is 20.8 Å². The maximum atomic E-state index is 11.8. The minimum atomic E-state index is 0.213. The third-order valence-electron chi connectivity index (χ3n) is 2.43. The molecule has 0 amide bonds. The molecule has 0 aromatic carbocycles. The predicted octanol–water partition coefficient (Wildman–Crippen LogP) is 3.61. The average molecular weight is 321 g/mol. The second-order valence-electron chi connectivity index (χ2n) is 3.67. The number of rotatable bonds is 5. The van der Waals surface area contributed by atoms with Gasteiger partial charge in [-0.3, -0.25) is 4.79 Å². The number of ether oxygens (including phenoxy) is 1. The quantitative estimate of drug-likeness (QED) is 0.775. The maximum absolute atomic E-state index is 11.8. The van der Waals surface area contributed by atoms with Crippen molar-refractivity contribution in [1.82, 2.24) is 0 Å². The van der Waals surface area contributed by atoms with Crippen molar-refractivity contribution in [2.24, 2.45) is 0 Å². The minimum absolute atomic E-state index is 0.213. The van der Waals surface area contributed by atoms with Crippen LogP contribution in [0.4, 0.5) is 0 Å². The molecule has 1 unspecified atom stereocenters. The molecule has 1 fully saturated rings.